The summed E-state index contributed by atoms with van der Waals surface area (Å²) in [5.41, 5.74) is 18.5. The standard InChI is InChI=1S/C41H62N8O11/c1-8-31(37(53)48-34(40(58)59)26(5)36(52)46-29(38(54)55)15-12-20-45-41(43)44)49(6)33(50)19-18-30(39(56)57)47-35(51)25(4)28(42)17-16-23(2)21-24(3)32(60-7)22-27-13-10-9-11-14-27/h8-11,13-14,16-17,21,24-26,28-30,32,34H,12,15,18-20,22,42H2,1-7H3,(H,46,52)(H,47,51)(H,48,53)(H,54,55)(H,56,57)(H,58,59)(H4,43,44,45). The first kappa shape index (κ1) is 51.9. The number of nitrogens with two attached hydrogens (primary N) is 3. The SMILES string of the molecule is CC=C(C(=O)NC(C(=O)O)C(C)C(=O)NC(CCCN=C(N)N)C(=O)O)N(C)C(=O)CCC(NC(=O)C(C)C(N)C=CC(C)=CC(C)C(Cc1ccccc1)OC)C(=O)O. The summed E-state index contributed by atoms with van der Waals surface area (Å²) < 4.78 is 5.72. The van der Waals surface area contributed by atoms with Crippen molar-refractivity contribution >= 4 is 47.5 Å². The Labute approximate surface area is 350 Å². The van der Waals surface area contributed by atoms with Gasteiger partial charge in [-0.3, -0.25) is 24.2 Å². The third kappa shape index (κ3) is 17.8. The van der Waals surface area contributed by atoms with Crippen LogP contribution in [0.25, 0.3) is 0 Å². The zero-order chi connectivity index (χ0) is 45.7. The molecule has 0 aromatic heterocycles. The molecule has 0 heterocycles. The van der Waals surface area contributed by atoms with Crippen molar-refractivity contribution in [3.63, 3.8) is 0 Å². The van der Waals surface area contributed by atoms with Crippen LogP contribution in [0.1, 0.15) is 65.9 Å². The molecule has 1 aromatic carbocycles. The molecule has 332 valence electrons. The molecular weight excluding hydrogens is 780 g/mol. The molecule has 1 rings (SSSR count). The number of ether oxygens (including phenoxy) is 1. The molecule has 19 heteroatoms. The van der Waals surface area contributed by atoms with Crippen LogP contribution in [-0.4, -0.2) is 119 Å². The largest absolute Gasteiger partial charge is 0.480 e. The highest BCUT2D eigenvalue weighted by molar-refractivity contribution is 6.00. The Hall–Kier alpha value is -6.08. The van der Waals surface area contributed by atoms with E-state index in [9.17, 15) is 48.9 Å². The van der Waals surface area contributed by atoms with Crippen LogP contribution in [0.3, 0.4) is 0 Å². The highest BCUT2D eigenvalue weighted by atomic mass is 16.5. The molecule has 0 radical (unpaired) electrons. The lowest BCUT2D eigenvalue weighted by Crippen LogP contribution is -2.53. The molecule has 8 unspecified atom stereocenters. The number of hydrogen-bond donors (Lipinski definition) is 9. The Morgan fingerprint density at radius 3 is 1.95 bits per heavy atom. The van der Waals surface area contributed by atoms with E-state index in [1.807, 2.05) is 50.3 Å². The molecule has 0 aliphatic rings. The van der Waals surface area contributed by atoms with E-state index in [-0.39, 0.29) is 49.5 Å². The molecule has 8 atom stereocenters. The summed E-state index contributed by atoms with van der Waals surface area (Å²) in [6.07, 6.45) is 6.61. The van der Waals surface area contributed by atoms with Crippen molar-refractivity contribution in [1.82, 2.24) is 20.9 Å². The first-order valence-corrected chi connectivity index (χ1v) is 19.4. The van der Waals surface area contributed by atoms with Crippen LogP contribution in [0.15, 0.2) is 70.9 Å². The van der Waals surface area contributed by atoms with Crippen molar-refractivity contribution in [2.24, 2.45) is 39.9 Å². The van der Waals surface area contributed by atoms with Crippen molar-refractivity contribution in [3.05, 3.63) is 71.5 Å². The Bertz CT molecular complexity index is 1760. The number of carboxylic acid groups (broad SMARTS) is 3. The Morgan fingerprint density at radius 1 is 0.867 bits per heavy atom. The smallest absolute Gasteiger partial charge is 0.327 e. The van der Waals surface area contributed by atoms with Crippen LogP contribution in [0, 0.1) is 17.8 Å². The molecular formula is C41H62N8O11. The lowest BCUT2D eigenvalue weighted by Gasteiger charge is -2.26. The third-order valence-corrected chi connectivity index (χ3v) is 9.80. The van der Waals surface area contributed by atoms with Crippen molar-refractivity contribution in [3.8, 4) is 0 Å². The molecule has 4 amide bonds. The highest BCUT2D eigenvalue weighted by Gasteiger charge is 2.35. The normalized spacial score (nSPS) is 15.9. The summed E-state index contributed by atoms with van der Waals surface area (Å²) in [4.78, 5) is 93.0. The van der Waals surface area contributed by atoms with E-state index < -0.39 is 84.0 Å². The van der Waals surface area contributed by atoms with E-state index >= 15 is 0 Å². The quantitative estimate of drug-likeness (QED) is 0.0206. The van der Waals surface area contributed by atoms with Gasteiger partial charge in [-0.2, -0.15) is 0 Å². The number of guanidine groups is 1. The van der Waals surface area contributed by atoms with E-state index in [2.05, 4.69) is 20.9 Å². The number of carboxylic acids is 3. The van der Waals surface area contributed by atoms with Crippen LogP contribution in [-0.2, 0) is 44.7 Å². The summed E-state index contributed by atoms with van der Waals surface area (Å²) in [5.74, 6) is -10.3. The van der Waals surface area contributed by atoms with E-state index in [1.165, 1.54) is 33.9 Å². The number of carbonyl (C=O) groups is 7. The number of amides is 4. The van der Waals surface area contributed by atoms with Gasteiger partial charge < -0.3 is 58.1 Å². The van der Waals surface area contributed by atoms with Crippen LogP contribution in [0.2, 0.25) is 0 Å². The molecule has 0 aliphatic carbocycles. The summed E-state index contributed by atoms with van der Waals surface area (Å²) in [7, 11) is 2.87. The first-order valence-electron chi connectivity index (χ1n) is 19.4. The molecule has 12 N–H and O–H groups in total. The summed E-state index contributed by atoms with van der Waals surface area (Å²) in [6.45, 7) is 8.12. The second-order valence-electron chi connectivity index (χ2n) is 14.4. The van der Waals surface area contributed by atoms with Gasteiger partial charge in [0, 0.05) is 39.1 Å². The predicted molar refractivity (Wildman–Crippen MR) is 224 cm³/mol. The third-order valence-electron chi connectivity index (χ3n) is 9.80. The molecule has 0 fully saturated rings. The lowest BCUT2D eigenvalue weighted by atomic mass is 9.95. The highest BCUT2D eigenvalue weighted by Crippen LogP contribution is 2.18. The Kier molecular flexibility index (Phi) is 22.6. The fourth-order valence-corrected chi connectivity index (χ4v) is 5.95. The zero-order valence-corrected chi connectivity index (χ0v) is 35.3. The molecule has 1 aromatic rings. The number of benzene rings is 1. The topological polar surface area (TPSA) is 319 Å². The van der Waals surface area contributed by atoms with Crippen molar-refractivity contribution in [2.75, 3.05) is 20.7 Å². The number of hydrogen-bond acceptors (Lipinski definition) is 10. The maximum Gasteiger partial charge on any atom is 0.327 e. The maximum absolute atomic E-state index is 13.2. The van der Waals surface area contributed by atoms with Gasteiger partial charge >= 0.3 is 17.9 Å². The van der Waals surface area contributed by atoms with Gasteiger partial charge in [-0.05, 0) is 45.1 Å². The van der Waals surface area contributed by atoms with Gasteiger partial charge in [0.05, 0.1) is 17.9 Å². The number of nitrogens with zero attached hydrogens (tertiary/aromatic N) is 2. The lowest BCUT2D eigenvalue weighted by molar-refractivity contribution is -0.147. The van der Waals surface area contributed by atoms with E-state index in [0.29, 0.717) is 0 Å². The molecule has 0 saturated carbocycles. The Morgan fingerprint density at radius 2 is 1.43 bits per heavy atom. The first-order chi connectivity index (χ1) is 28.1. The van der Waals surface area contributed by atoms with Gasteiger partial charge in [0.1, 0.15) is 23.8 Å². The molecule has 0 spiro atoms. The summed E-state index contributed by atoms with van der Waals surface area (Å²) in [5, 5.41) is 36.1. The zero-order valence-electron chi connectivity index (χ0n) is 35.3. The number of rotatable bonds is 26. The summed E-state index contributed by atoms with van der Waals surface area (Å²) >= 11 is 0. The summed E-state index contributed by atoms with van der Waals surface area (Å²) in [6, 6.07) is 4.43. The van der Waals surface area contributed by atoms with E-state index in [1.54, 1.807) is 19.3 Å². The van der Waals surface area contributed by atoms with Gasteiger partial charge in [0.2, 0.25) is 17.7 Å². The number of nitrogens with one attached hydrogen (secondary N) is 3. The predicted octanol–water partition coefficient (Wildman–Crippen LogP) is 0.886. The van der Waals surface area contributed by atoms with Gasteiger partial charge in [0.25, 0.3) is 5.91 Å². The van der Waals surface area contributed by atoms with Gasteiger partial charge in [0.15, 0.2) is 5.96 Å². The van der Waals surface area contributed by atoms with Crippen molar-refractivity contribution in [1.29, 1.82) is 0 Å². The van der Waals surface area contributed by atoms with Crippen molar-refractivity contribution in [2.45, 2.75) is 97.0 Å². The Balaban J connectivity index is 2.88. The minimum atomic E-state index is -1.85. The molecule has 19 nitrogen and oxygen atoms in total. The molecule has 0 saturated heterocycles. The number of methoxy groups -OCH3 is 1. The van der Waals surface area contributed by atoms with Gasteiger partial charge in [-0.25, -0.2) is 14.4 Å². The number of aliphatic carboxylic acids is 3. The van der Waals surface area contributed by atoms with Crippen LogP contribution >= 0.6 is 0 Å². The van der Waals surface area contributed by atoms with E-state index in [4.69, 9.17) is 21.9 Å². The maximum atomic E-state index is 13.2. The second-order valence-corrected chi connectivity index (χ2v) is 14.4. The monoisotopic (exact) mass is 842 g/mol. The minimum Gasteiger partial charge on any atom is -0.480 e. The minimum absolute atomic E-state index is 0.0533. The van der Waals surface area contributed by atoms with Crippen LogP contribution in [0.5, 0.6) is 0 Å². The van der Waals surface area contributed by atoms with Gasteiger partial charge in [-0.1, -0.05) is 81.0 Å². The number of carbonyl (C=O) groups excluding carboxylic acids is 4. The average Bonchev–Trinajstić information content (AvgIpc) is 3.19. The fraction of sp³-hybridized carbons (Fsp3) is 0.512. The average molecular weight is 843 g/mol. The van der Waals surface area contributed by atoms with Crippen LogP contribution < -0.4 is 33.2 Å². The number of aliphatic imine (C=N–C) groups is 1. The molecule has 0 aliphatic heterocycles. The molecule has 0 bridgehead atoms. The van der Waals surface area contributed by atoms with E-state index in [0.717, 1.165) is 22.5 Å². The second kappa shape index (κ2) is 26.1. The van der Waals surface area contributed by atoms with Crippen LogP contribution in [0.4, 0.5) is 0 Å². The number of allylic oxidation sites excluding steroid dienone is 3. The fourth-order valence-electron chi connectivity index (χ4n) is 5.95. The van der Waals surface area contributed by atoms with Gasteiger partial charge in [-0.15, -0.1) is 0 Å². The number of likely N-dealkylation sites (N-methyl/N-ethyl adjacent to an activating group) is 1. The van der Waals surface area contributed by atoms with Crippen molar-refractivity contribution < 1.29 is 53.6 Å². The molecule has 60 heavy (non-hydrogen) atoms.